The van der Waals surface area contributed by atoms with Crippen molar-refractivity contribution >= 4 is 17.6 Å². The summed E-state index contributed by atoms with van der Waals surface area (Å²) in [7, 11) is 2.77. The van der Waals surface area contributed by atoms with Crippen LogP contribution >= 0.6 is 11.6 Å². The van der Waals surface area contributed by atoms with Crippen molar-refractivity contribution in [2.45, 2.75) is 0 Å². The monoisotopic (exact) mass is 292 g/mol. The Labute approximate surface area is 121 Å². The van der Waals surface area contributed by atoms with Gasteiger partial charge in [0.25, 0.3) is 0 Å². The predicted molar refractivity (Wildman–Crippen MR) is 76.4 cm³/mol. The molecule has 104 valence electrons. The van der Waals surface area contributed by atoms with Crippen molar-refractivity contribution in [2.24, 2.45) is 0 Å². The number of ether oxygens (including phenoxy) is 2. The molecule has 0 unspecified atom stereocenters. The van der Waals surface area contributed by atoms with Crippen molar-refractivity contribution in [1.82, 2.24) is 0 Å². The fourth-order valence-corrected chi connectivity index (χ4v) is 2.02. The highest BCUT2D eigenvalue weighted by Crippen LogP contribution is 2.32. The van der Waals surface area contributed by atoms with Crippen molar-refractivity contribution < 1.29 is 19.4 Å². The van der Waals surface area contributed by atoms with E-state index in [1.54, 1.807) is 30.3 Å². The average molecular weight is 293 g/mol. The first kappa shape index (κ1) is 14.2. The molecule has 5 heteroatoms. The minimum absolute atomic E-state index is 0.0541. The summed E-state index contributed by atoms with van der Waals surface area (Å²) < 4.78 is 9.75. The number of phenols is 1. The van der Waals surface area contributed by atoms with Crippen LogP contribution in [-0.2, 0) is 4.74 Å². The van der Waals surface area contributed by atoms with Crippen molar-refractivity contribution in [3.05, 3.63) is 47.0 Å². The number of benzene rings is 2. The Kier molecular flexibility index (Phi) is 4.15. The third-order valence-electron chi connectivity index (χ3n) is 2.88. The van der Waals surface area contributed by atoms with Crippen LogP contribution in [0.5, 0.6) is 11.5 Å². The molecule has 0 radical (unpaired) electrons. The van der Waals surface area contributed by atoms with Crippen molar-refractivity contribution in [3.63, 3.8) is 0 Å². The molecule has 0 aliphatic carbocycles. The van der Waals surface area contributed by atoms with Gasteiger partial charge in [0.2, 0.25) is 0 Å². The number of carbonyl (C=O) groups is 1. The Morgan fingerprint density at radius 1 is 1.10 bits per heavy atom. The lowest BCUT2D eigenvalue weighted by Gasteiger charge is -2.09. The molecule has 0 saturated heterocycles. The highest BCUT2D eigenvalue weighted by Gasteiger charge is 2.13. The van der Waals surface area contributed by atoms with Gasteiger partial charge < -0.3 is 14.6 Å². The fraction of sp³-hybridized carbons (Fsp3) is 0.133. The smallest absolute Gasteiger partial charge is 0.339 e. The van der Waals surface area contributed by atoms with E-state index in [4.69, 9.17) is 16.3 Å². The van der Waals surface area contributed by atoms with Gasteiger partial charge >= 0.3 is 5.97 Å². The first-order valence-electron chi connectivity index (χ1n) is 5.82. The largest absolute Gasteiger partial charge is 0.504 e. The van der Waals surface area contributed by atoms with E-state index in [0.717, 1.165) is 11.1 Å². The summed E-state index contributed by atoms with van der Waals surface area (Å²) >= 11 is 5.98. The van der Waals surface area contributed by atoms with Gasteiger partial charge in [0, 0.05) is 0 Å². The summed E-state index contributed by atoms with van der Waals surface area (Å²) in [6.45, 7) is 0. The number of aromatic hydroxyl groups is 1. The first-order valence-corrected chi connectivity index (χ1v) is 6.20. The van der Waals surface area contributed by atoms with Crippen LogP contribution in [0.3, 0.4) is 0 Å². The summed E-state index contributed by atoms with van der Waals surface area (Å²) in [6, 6.07) is 9.98. The minimum atomic E-state index is -0.498. The second-order valence-corrected chi connectivity index (χ2v) is 4.48. The molecule has 1 N–H and O–H groups in total. The van der Waals surface area contributed by atoms with Crippen LogP contribution in [0.25, 0.3) is 11.1 Å². The van der Waals surface area contributed by atoms with Crippen LogP contribution in [0.2, 0.25) is 5.02 Å². The number of hydrogen-bond donors (Lipinski definition) is 1. The van der Waals surface area contributed by atoms with Gasteiger partial charge in [-0.2, -0.15) is 0 Å². The standard InChI is InChI=1S/C15H13ClO4/c1-19-14-8-10(4-6-13(14)17)9-3-5-12(16)11(7-9)15(18)20-2/h3-8,17H,1-2H3. The van der Waals surface area contributed by atoms with Crippen LogP contribution in [0, 0.1) is 0 Å². The number of hydrogen-bond acceptors (Lipinski definition) is 4. The Morgan fingerprint density at radius 3 is 2.40 bits per heavy atom. The zero-order chi connectivity index (χ0) is 14.7. The third kappa shape index (κ3) is 2.70. The van der Waals surface area contributed by atoms with Gasteiger partial charge in [-0.25, -0.2) is 4.79 Å². The zero-order valence-electron chi connectivity index (χ0n) is 11.0. The molecular weight excluding hydrogens is 280 g/mol. The summed E-state index contributed by atoms with van der Waals surface area (Å²) in [5.41, 5.74) is 1.85. The lowest BCUT2D eigenvalue weighted by atomic mass is 10.0. The minimum Gasteiger partial charge on any atom is -0.504 e. The number of phenolic OH excluding ortho intramolecular Hbond substituents is 1. The number of rotatable bonds is 3. The topological polar surface area (TPSA) is 55.8 Å². The summed E-state index contributed by atoms with van der Waals surface area (Å²) in [4.78, 5) is 11.6. The molecule has 0 heterocycles. The molecule has 0 atom stereocenters. The molecule has 0 aliphatic heterocycles. The van der Waals surface area contributed by atoms with Gasteiger partial charge in [-0.3, -0.25) is 0 Å². The Morgan fingerprint density at radius 2 is 1.75 bits per heavy atom. The number of carbonyl (C=O) groups excluding carboxylic acids is 1. The maximum absolute atomic E-state index is 11.6. The lowest BCUT2D eigenvalue weighted by molar-refractivity contribution is 0.0601. The number of halogens is 1. The number of esters is 1. The van der Waals surface area contributed by atoms with Gasteiger partial charge in [-0.05, 0) is 35.4 Å². The molecule has 0 fully saturated rings. The molecule has 0 saturated carbocycles. The van der Waals surface area contributed by atoms with Crippen LogP contribution < -0.4 is 4.74 Å². The van der Waals surface area contributed by atoms with E-state index in [0.29, 0.717) is 16.3 Å². The normalized spacial score (nSPS) is 10.2. The van der Waals surface area contributed by atoms with E-state index in [1.165, 1.54) is 20.3 Å². The van der Waals surface area contributed by atoms with Crippen LogP contribution in [0.4, 0.5) is 0 Å². The average Bonchev–Trinajstić information content (AvgIpc) is 2.47. The first-order chi connectivity index (χ1) is 9.56. The molecule has 0 aliphatic rings. The number of methoxy groups -OCH3 is 2. The molecule has 0 spiro atoms. The van der Waals surface area contributed by atoms with Gasteiger partial charge in [0.05, 0.1) is 24.8 Å². The predicted octanol–water partition coefficient (Wildman–Crippen LogP) is 3.51. The van der Waals surface area contributed by atoms with E-state index < -0.39 is 5.97 Å². The van der Waals surface area contributed by atoms with Crippen molar-refractivity contribution in [3.8, 4) is 22.6 Å². The summed E-state index contributed by atoms with van der Waals surface area (Å²) in [5, 5.41) is 9.91. The van der Waals surface area contributed by atoms with Crippen LogP contribution in [-0.4, -0.2) is 25.3 Å². The molecular formula is C15H13ClO4. The van der Waals surface area contributed by atoms with E-state index >= 15 is 0 Å². The maximum Gasteiger partial charge on any atom is 0.339 e. The summed E-state index contributed by atoms with van der Waals surface area (Å²) in [6.07, 6.45) is 0. The zero-order valence-corrected chi connectivity index (χ0v) is 11.8. The molecule has 0 amide bonds. The Hall–Kier alpha value is -2.20. The Bertz CT molecular complexity index is 652. The van der Waals surface area contributed by atoms with Gasteiger partial charge in [0.1, 0.15) is 0 Å². The second-order valence-electron chi connectivity index (χ2n) is 4.07. The third-order valence-corrected chi connectivity index (χ3v) is 3.21. The Balaban J connectivity index is 2.50. The van der Waals surface area contributed by atoms with E-state index in [1.807, 2.05) is 0 Å². The molecule has 4 nitrogen and oxygen atoms in total. The molecule has 2 aromatic carbocycles. The second kappa shape index (κ2) is 5.84. The molecule has 0 aromatic heterocycles. The molecule has 20 heavy (non-hydrogen) atoms. The lowest BCUT2D eigenvalue weighted by Crippen LogP contribution is -2.02. The SMILES string of the molecule is COC(=O)c1cc(-c2ccc(O)c(OC)c2)ccc1Cl. The quantitative estimate of drug-likeness (QED) is 0.880. The molecule has 2 rings (SSSR count). The fourth-order valence-electron chi connectivity index (χ4n) is 1.83. The highest BCUT2D eigenvalue weighted by atomic mass is 35.5. The van der Waals surface area contributed by atoms with E-state index in [2.05, 4.69) is 4.74 Å². The van der Waals surface area contributed by atoms with Crippen LogP contribution in [0.15, 0.2) is 36.4 Å². The van der Waals surface area contributed by atoms with Crippen molar-refractivity contribution in [1.29, 1.82) is 0 Å². The maximum atomic E-state index is 11.6. The summed E-state index contributed by atoms with van der Waals surface area (Å²) in [5.74, 6) is -0.0851. The molecule has 0 bridgehead atoms. The van der Waals surface area contributed by atoms with E-state index in [9.17, 15) is 9.90 Å². The highest BCUT2D eigenvalue weighted by molar-refractivity contribution is 6.33. The van der Waals surface area contributed by atoms with Crippen LogP contribution in [0.1, 0.15) is 10.4 Å². The van der Waals surface area contributed by atoms with Gasteiger partial charge in [-0.1, -0.05) is 23.7 Å². The van der Waals surface area contributed by atoms with E-state index in [-0.39, 0.29) is 5.75 Å². The van der Waals surface area contributed by atoms with Gasteiger partial charge in [0.15, 0.2) is 11.5 Å². The van der Waals surface area contributed by atoms with Gasteiger partial charge in [-0.15, -0.1) is 0 Å². The van der Waals surface area contributed by atoms with Crippen molar-refractivity contribution in [2.75, 3.05) is 14.2 Å². The molecule has 2 aromatic rings.